The molecule has 0 aliphatic heterocycles. The molecule has 0 saturated heterocycles. The van der Waals surface area contributed by atoms with Crippen molar-refractivity contribution >= 4 is 11.7 Å². The highest BCUT2D eigenvalue weighted by atomic mass is 19.1. The summed E-state index contributed by atoms with van der Waals surface area (Å²) in [4.78, 5) is 24.9. The van der Waals surface area contributed by atoms with Gasteiger partial charge in [-0.3, -0.25) is 4.79 Å². The first-order chi connectivity index (χ1) is 14.9. The van der Waals surface area contributed by atoms with Crippen molar-refractivity contribution in [1.29, 1.82) is 5.26 Å². The van der Waals surface area contributed by atoms with Gasteiger partial charge >= 0.3 is 5.76 Å². The molecule has 4 rings (SSSR count). The van der Waals surface area contributed by atoms with Crippen LogP contribution in [0.3, 0.4) is 0 Å². The average Bonchev–Trinajstić information content (AvgIpc) is 3.44. The van der Waals surface area contributed by atoms with Crippen LogP contribution >= 0.6 is 0 Å². The van der Waals surface area contributed by atoms with Crippen molar-refractivity contribution in [3.05, 3.63) is 57.5 Å². The van der Waals surface area contributed by atoms with Crippen LogP contribution in [0.1, 0.15) is 48.5 Å². The Morgan fingerprint density at radius 1 is 1.29 bits per heavy atom. The van der Waals surface area contributed by atoms with E-state index < -0.39 is 17.5 Å². The van der Waals surface area contributed by atoms with Crippen LogP contribution < -0.4 is 11.1 Å². The highest BCUT2D eigenvalue weighted by Crippen LogP contribution is 2.37. The summed E-state index contributed by atoms with van der Waals surface area (Å²) < 4.78 is 21.1. The third-order valence-corrected chi connectivity index (χ3v) is 5.81. The second-order valence-electron chi connectivity index (χ2n) is 7.74. The second kappa shape index (κ2) is 8.22. The molecule has 0 atom stereocenters. The van der Waals surface area contributed by atoms with E-state index in [9.17, 15) is 19.2 Å². The molecule has 1 fully saturated rings. The molecular formula is C22H22FN5O3. The number of carbonyl (C=O) groups excluding carboxylic acids is 1. The van der Waals surface area contributed by atoms with E-state index in [-0.39, 0.29) is 18.5 Å². The van der Waals surface area contributed by atoms with E-state index >= 15 is 0 Å². The Hall–Kier alpha value is -3.67. The van der Waals surface area contributed by atoms with Gasteiger partial charge in [0.2, 0.25) is 11.8 Å². The van der Waals surface area contributed by atoms with Gasteiger partial charge in [0, 0.05) is 17.3 Å². The summed E-state index contributed by atoms with van der Waals surface area (Å²) in [6, 6.07) is 7.75. The first-order valence-corrected chi connectivity index (χ1v) is 10.1. The monoisotopic (exact) mass is 423 g/mol. The molecule has 2 aromatic heterocycles. The Balaban J connectivity index is 1.59. The molecule has 2 heterocycles. The first kappa shape index (κ1) is 20.6. The van der Waals surface area contributed by atoms with Gasteiger partial charge in [0.1, 0.15) is 24.2 Å². The number of amides is 1. The van der Waals surface area contributed by atoms with Crippen LogP contribution in [-0.4, -0.2) is 20.3 Å². The summed E-state index contributed by atoms with van der Waals surface area (Å²) in [6.07, 6.45) is 4.20. The molecule has 1 N–H and O–H groups in total. The highest BCUT2D eigenvalue weighted by Gasteiger charge is 2.27. The van der Waals surface area contributed by atoms with Crippen LogP contribution in [-0.2, 0) is 11.3 Å². The molecule has 31 heavy (non-hydrogen) atoms. The summed E-state index contributed by atoms with van der Waals surface area (Å²) in [5.41, 5.74) is 2.64. The quantitative estimate of drug-likeness (QED) is 0.674. The van der Waals surface area contributed by atoms with Crippen molar-refractivity contribution < 1.29 is 13.6 Å². The predicted octanol–water partition coefficient (Wildman–Crippen LogP) is 3.69. The zero-order valence-corrected chi connectivity index (χ0v) is 17.3. The summed E-state index contributed by atoms with van der Waals surface area (Å²) >= 11 is 0. The largest absolute Gasteiger partial charge is 0.437 e. The van der Waals surface area contributed by atoms with E-state index in [0.29, 0.717) is 16.9 Å². The fraction of sp³-hybridized carbons (Fsp3) is 0.364. The lowest BCUT2D eigenvalue weighted by Gasteiger charge is -2.19. The lowest BCUT2D eigenvalue weighted by Crippen LogP contribution is -2.27. The maximum Gasteiger partial charge on any atom is 0.437 e. The molecule has 0 radical (unpaired) electrons. The fourth-order valence-corrected chi connectivity index (χ4v) is 4.13. The van der Waals surface area contributed by atoms with Crippen molar-refractivity contribution in [3.63, 3.8) is 0 Å². The van der Waals surface area contributed by atoms with E-state index in [1.165, 1.54) is 24.3 Å². The molecule has 0 spiro atoms. The van der Waals surface area contributed by atoms with E-state index in [2.05, 4.69) is 16.5 Å². The van der Waals surface area contributed by atoms with Gasteiger partial charge in [0.15, 0.2) is 0 Å². The number of carbonyl (C=O) groups is 1. The Kier molecular flexibility index (Phi) is 5.46. The number of nitriles is 1. The Morgan fingerprint density at radius 2 is 1.97 bits per heavy atom. The van der Waals surface area contributed by atoms with Crippen LogP contribution in [0.25, 0.3) is 11.5 Å². The summed E-state index contributed by atoms with van der Waals surface area (Å²) in [5.74, 6) is -1.25. The van der Waals surface area contributed by atoms with Crippen LogP contribution in [0.15, 0.2) is 33.5 Å². The van der Waals surface area contributed by atoms with Gasteiger partial charge in [-0.1, -0.05) is 12.8 Å². The molecule has 3 aromatic rings. The number of hydrogen-bond acceptors (Lipinski definition) is 5. The average molecular weight is 423 g/mol. The van der Waals surface area contributed by atoms with Gasteiger partial charge in [-0.25, -0.2) is 9.18 Å². The number of hydrogen-bond donors (Lipinski definition) is 1. The molecule has 1 saturated carbocycles. The SMILES string of the molecule is Cc1c(C#N)c(NC(=O)Cn2nc(-c3ccc(F)cc3)oc2=O)n(C2CCCC2)c1C. The van der Waals surface area contributed by atoms with Crippen LogP contribution in [0, 0.1) is 31.0 Å². The summed E-state index contributed by atoms with van der Waals surface area (Å²) in [6.45, 7) is 3.44. The third-order valence-electron chi connectivity index (χ3n) is 5.81. The van der Waals surface area contributed by atoms with Crippen molar-refractivity contribution in [3.8, 4) is 17.5 Å². The molecular weight excluding hydrogens is 401 g/mol. The van der Waals surface area contributed by atoms with Crippen molar-refractivity contribution in [2.75, 3.05) is 5.32 Å². The van der Waals surface area contributed by atoms with Crippen molar-refractivity contribution in [1.82, 2.24) is 14.3 Å². The minimum atomic E-state index is -0.798. The molecule has 1 amide bonds. The van der Waals surface area contributed by atoms with E-state index in [0.717, 1.165) is 41.6 Å². The molecule has 8 nitrogen and oxygen atoms in total. The van der Waals surface area contributed by atoms with Crippen LogP contribution in [0.4, 0.5) is 10.2 Å². The third kappa shape index (κ3) is 3.89. The number of anilines is 1. The lowest BCUT2D eigenvalue weighted by molar-refractivity contribution is -0.117. The Morgan fingerprint density at radius 3 is 2.61 bits per heavy atom. The van der Waals surface area contributed by atoms with Gasteiger partial charge in [-0.05, 0) is 56.5 Å². The number of nitrogens with zero attached hydrogens (tertiary/aromatic N) is 4. The number of rotatable bonds is 5. The molecule has 1 aliphatic rings. The smallest absolute Gasteiger partial charge is 0.388 e. The standard InChI is InChI=1S/C22H22FN5O3/c1-13-14(2)28(17-5-3-4-6-17)20(18(13)11-24)25-19(29)12-27-22(30)31-21(26-27)15-7-9-16(23)10-8-15/h7-10,17H,3-6,12H2,1-2H3,(H,25,29). The number of halogens is 1. The second-order valence-corrected chi connectivity index (χ2v) is 7.74. The molecule has 160 valence electrons. The number of nitrogens with one attached hydrogen (secondary N) is 1. The Bertz CT molecular complexity index is 1220. The predicted molar refractivity (Wildman–Crippen MR) is 111 cm³/mol. The Labute approximate surface area is 177 Å². The molecule has 1 aliphatic carbocycles. The minimum absolute atomic E-state index is 0.00321. The molecule has 0 bridgehead atoms. The van der Waals surface area contributed by atoms with Gasteiger partial charge in [-0.15, -0.1) is 5.10 Å². The first-order valence-electron chi connectivity index (χ1n) is 10.1. The maximum atomic E-state index is 13.1. The molecule has 9 heteroatoms. The highest BCUT2D eigenvalue weighted by molar-refractivity contribution is 5.91. The van der Waals surface area contributed by atoms with Gasteiger partial charge < -0.3 is 14.3 Å². The normalized spacial score (nSPS) is 14.0. The molecule has 1 aromatic carbocycles. The molecule has 0 unspecified atom stereocenters. The zero-order chi connectivity index (χ0) is 22.1. The topological polar surface area (TPSA) is 106 Å². The number of benzene rings is 1. The van der Waals surface area contributed by atoms with Crippen LogP contribution in [0.2, 0.25) is 0 Å². The van der Waals surface area contributed by atoms with Crippen LogP contribution in [0.5, 0.6) is 0 Å². The van der Waals surface area contributed by atoms with E-state index in [1.54, 1.807) is 0 Å². The summed E-state index contributed by atoms with van der Waals surface area (Å²) in [5, 5.41) is 16.5. The maximum absolute atomic E-state index is 13.1. The van der Waals surface area contributed by atoms with Crippen molar-refractivity contribution in [2.24, 2.45) is 0 Å². The lowest BCUT2D eigenvalue weighted by atomic mass is 10.2. The van der Waals surface area contributed by atoms with Crippen molar-refractivity contribution in [2.45, 2.75) is 52.1 Å². The summed E-state index contributed by atoms with van der Waals surface area (Å²) in [7, 11) is 0. The van der Waals surface area contributed by atoms with E-state index in [1.807, 2.05) is 18.4 Å². The minimum Gasteiger partial charge on any atom is -0.388 e. The fourth-order valence-electron chi connectivity index (χ4n) is 4.13. The zero-order valence-electron chi connectivity index (χ0n) is 17.3. The van der Waals surface area contributed by atoms with Gasteiger partial charge in [0.25, 0.3) is 0 Å². The number of aromatic nitrogens is 3. The van der Waals surface area contributed by atoms with Gasteiger partial charge in [-0.2, -0.15) is 9.94 Å². The van der Waals surface area contributed by atoms with Gasteiger partial charge in [0.05, 0.1) is 5.56 Å². The van der Waals surface area contributed by atoms with E-state index in [4.69, 9.17) is 4.42 Å².